The van der Waals surface area contributed by atoms with Gasteiger partial charge in [-0.1, -0.05) is 0 Å². The Kier molecular flexibility index (Phi) is 7.67. The summed E-state index contributed by atoms with van der Waals surface area (Å²) in [6.07, 6.45) is 5.13. The van der Waals surface area contributed by atoms with Gasteiger partial charge < -0.3 is 24.3 Å². The lowest BCUT2D eigenvalue weighted by molar-refractivity contribution is -0.142. The zero-order valence-electron chi connectivity index (χ0n) is 16.5. The zero-order valence-corrected chi connectivity index (χ0v) is 16.5. The van der Waals surface area contributed by atoms with Crippen LogP contribution in [0.1, 0.15) is 22.3 Å². The van der Waals surface area contributed by atoms with Gasteiger partial charge in [0.15, 0.2) is 11.5 Å². The minimum absolute atomic E-state index is 0.234. The fourth-order valence-corrected chi connectivity index (χ4v) is 2.58. The number of hydrogen-bond acceptors (Lipinski definition) is 7. The SMILES string of the molecule is COc1cc(C(=O)NCC(=O)OCCCc2cnn(C)c2)cc(OC)c1OC. The number of carbonyl (C=O) groups is 2. The van der Waals surface area contributed by atoms with Crippen molar-refractivity contribution in [2.75, 3.05) is 34.5 Å². The number of nitrogens with zero attached hydrogens (tertiary/aromatic N) is 2. The second kappa shape index (κ2) is 10.2. The Labute approximate surface area is 163 Å². The number of methoxy groups -OCH3 is 3. The van der Waals surface area contributed by atoms with Crippen LogP contribution in [0.15, 0.2) is 24.5 Å². The lowest BCUT2D eigenvalue weighted by Gasteiger charge is -2.14. The molecule has 1 aromatic carbocycles. The molecule has 0 aliphatic rings. The molecule has 2 rings (SSSR count). The first-order chi connectivity index (χ1) is 13.5. The van der Waals surface area contributed by atoms with Crippen LogP contribution in [-0.2, 0) is 23.0 Å². The van der Waals surface area contributed by atoms with Crippen molar-refractivity contribution in [3.63, 3.8) is 0 Å². The number of rotatable bonds is 10. The maximum atomic E-state index is 12.3. The Balaban J connectivity index is 1.81. The molecule has 152 valence electrons. The molecule has 0 unspecified atom stereocenters. The predicted octanol–water partition coefficient (Wildman–Crippen LogP) is 1.35. The number of hydrogen-bond donors (Lipinski definition) is 1. The van der Waals surface area contributed by atoms with E-state index in [0.717, 1.165) is 12.0 Å². The van der Waals surface area contributed by atoms with Crippen LogP contribution >= 0.6 is 0 Å². The van der Waals surface area contributed by atoms with Crippen molar-refractivity contribution in [2.45, 2.75) is 12.8 Å². The van der Waals surface area contributed by atoms with Crippen molar-refractivity contribution in [3.05, 3.63) is 35.7 Å². The topological polar surface area (TPSA) is 101 Å². The first-order valence-electron chi connectivity index (χ1n) is 8.69. The molecule has 0 radical (unpaired) electrons. The van der Waals surface area contributed by atoms with Gasteiger partial charge in [-0.3, -0.25) is 14.3 Å². The third-order valence-corrected chi connectivity index (χ3v) is 3.95. The monoisotopic (exact) mass is 391 g/mol. The Bertz CT molecular complexity index is 793. The van der Waals surface area contributed by atoms with Crippen molar-refractivity contribution in [1.82, 2.24) is 15.1 Å². The molecule has 1 aromatic heterocycles. The minimum Gasteiger partial charge on any atom is -0.493 e. The lowest BCUT2D eigenvalue weighted by Crippen LogP contribution is -2.30. The first kappa shape index (κ1) is 21.1. The van der Waals surface area contributed by atoms with E-state index >= 15 is 0 Å². The number of aryl methyl sites for hydroxylation is 2. The third-order valence-electron chi connectivity index (χ3n) is 3.95. The van der Waals surface area contributed by atoms with Gasteiger partial charge >= 0.3 is 5.97 Å². The smallest absolute Gasteiger partial charge is 0.325 e. The Morgan fingerprint density at radius 1 is 1.11 bits per heavy atom. The van der Waals surface area contributed by atoms with Crippen molar-refractivity contribution >= 4 is 11.9 Å². The summed E-state index contributed by atoms with van der Waals surface area (Å²) in [7, 11) is 6.24. The van der Waals surface area contributed by atoms with E-state index in [1.807, 2.05) is 13.2 Å². The number of carbonyl (C=O) groups excluding carboxylic acids is 2. The highest BCUT2D eigenvalue weighted by Gasteiger charge is 2.17. The summed E-state index contributed by atoms with van der Waals surface area (Å²) in [5, 5.41) is 6.60. The van der Waals surface area contributed by atoms with Gasteiger partial charge in [-0.2, -0.15) is 5.10 Å². The van der Waals surface area contributed by atoms with E-state index in [4.69, 9.17) is 18.9 Å². The molecule has 9 heteroatoms. The second-order valence-electron chi connectivity index (χ2n) is 5.94. The van der Waals surface area contributed by atoms with Gasteiger partial charge in [-0.25, -0.2) is 0 Å². The molecule has 0 fully saturated rings. The van der Waals surface area contributed by atoms with Crippen LogP contribution in [0, 0.1) is 0 Å². The van der Waals surface area contributed by atoms with Gasteiger partial charge in [-0.15, -0.1) is 0 Å². The average Bonchev–Trinajstić information content (AvgIpc) is 3.13. The largest absolute Gasteiger partial charge is 0.493 e. The van der Waals surface area contributed by atoms with Crippen LogP contribution in [0.3, 0.4) is 0 Å². The van der Waals surface area contributed by atoms with Crippen LogP contribution in [0.2, 0.25) is 0 Å². The number of benzene rings is 1. The first-order valence-corrected chi connectivity index (χ1v) is 8.69. The van der Waals surface area contributed by atoms with Gasteiger partial charge in [0.25, 0.3) is 5.91 Å². The normalized spacial score (nSPS) is 10.3. The fraction of sp³-hybridized carbons (Fsp3) is 0.421. The van der Waals surface area contributed by atoms with E-state index in [1.54, 1.807) is 10.9 Å². The summed E-state index contributed by atoms with van der Waals surface area (Å²) in [5.74, 6) is 0.128. The van der Waals surface area contributed by atoms with Gasteiger partial charge in [0, 0.05) is 18.8 Å². The maximum absolute atomic E-state index is 12.3. The van der Waals surface area contributed by atoms with Gasteiger partial charge in [0.1, 0.15) is 6.54 Å². The van der Waals surface area contributed by atoms with E-state index in [9.17, 15) is 9.59 Å². The number of aromatic nitrogens is 2. The molecule has 1 amide bonds. The molecule has 0 aliphatic carbocycles. The summed E-state index contributed by atoms with van der Waals surface area (Å²) in [5.41, 5.74) is 1.35. The standard InChI is InChI=1S/C19H25N3O6/c1-22-12-13(10-21-22)6-5-7-28-17(23)11-20-19(24)14-8-15(25-2)18(27-4)16(9-14)26-3/h8-10,12H,5-7,11H2,1-4H3,(H,20,24). The minimum atomic E-state index is -0.507. The van der Waals surface area contributed by atoms with Gasteiger partial charge in [0.2, 0.25) is 5.75 Å². The predicted molar refractivity (Wildman–Crippen MR) is 101 cm³/mol. The molecular formula is C19H25N3O6. The van der Waals surface area contributed by atoms with Gasteiger partial charge in [-0.05, 0) is 30.5 Å². The van der Waals surface area contributed by atoms with Crippen LogP contribution in [-0.4, -0.2) is 56.1 Å². The average molecular weight is 391 g/mol. The van der Waals surface area contributed by atoms with Crippen LogP contribution in [0.5, 0.6) is 17.2 Å². The molecule has 2 aromatic rings. The Morgan fingerprint density at radius 2 is 1.79 bits per heavy atom. The highest BCUT2D eigenvalue weighted by atomic mass is 16.5. The van der Waals surface area contributed by atoms with Crippen molar-refractivity contribution in [1.29, 1.82) is 0 Å². The van der Waals surface area contributed by atoms with Crippen LogP contribution in [0.25, 0.3) is 0 Å². The van der Waals surface area contributed by atoms with E-state index in [2.05, 4.69) is 10.4 Å². The Hall–Kier alpha value is -3.23. The van der Waals surface area contributed by atoms with Gasteiger partial charge in [0.05, 0.1) is 34.1 Å². The molecule has 0 atom stereocenters. The molecule has 0 saturated heterocycles. The molecule has 0 saturated carbocycles. The van der Waals surface area contributed by atoms with Crippen LogP contribution < -0.4 is 19.5 Å². The number of nitrogens with one attached hydrogen (secondary N) is 1. The summed E-state index contributed by atoms with van der Waals surface area (Å²) < 4.78 is 22.5. The quantitative estimate of drug-likeness (QED) is 0.482. The van der Waals surface area contributed by atoms with E-state index in [1.165, 1.54) is 33.5 Å². The van der Waals surface area contributed by atoms with Crippen molar-refractivity contribution in [2.24, 2.45) is 7.05 Å². The number of ether oxygens (including phenoxy) is 4. The Morgan fingerprint density at radius 3 is 2.32 bits per heavy atom. The highest BCUT2D eigenvalue weighted by Crippen LogP contribution is 2.38. The maximum Gasteiger partial charge on any atom is 0.325 e. The van der Waals surface area contributed by atoms with E-state index in [-0.39, 0.29) is 18.7 Å². The molecule has 28 heavy (non-hydrogen) atoms. The van der Waals surface area contributed by atoms with Crippen molar-refractivity contribution < 1.29 is 28.5 Å². The van der Waals surface area contributed by atoms with E-state index < -0.39 is 11.9 Å². The number of esters is 1. The molecule has 1 heterocycles. The summed E-state index contributed by atoms with van der Waals surface area (Å²) in [4.78, 5) is 24.1. The highest BCUT2D eigenvalue weighted by molar-refractivity contribution is 5.97. The molecule has 0 spiro atoms. The van der Waals surface area contributed by atoms with Crippen LogP contribution in [0.4, 0.5) is 0 Å². The molecular weight excluding hydrogens is 366 g/mol. The summed E-state index contributed by atoms with van der Waals surface area (Å²) in [6.45, 7) is 0.0379. The molecule has 0 bridgehead atoms. The molecule has 1 N–H and O–H groups in total. The fourth-order valence-electron chi connectivity index (χ4n) is 2.58. The van der Waals surface area contributed by atoms with E-state index in [0.29, 0.717) is 23.7 Å². The lowest BCUT2D eigenvalue weighted by atomic mass is 10.1. The zero-order chi connectivity index (χ0) is 20.5. The third kappa shape index (κ3) is 5.63. The molecule has 0 aliphatic heterocycles. The summed E-state index contributed by atoms with van der Waals surface area (Å²) in [6, 6.07) is 3.02. The number of amides is 1. The molecule has 9 nitrogen and oxygen atoms in total. The second-order valence-corrected chi connectivity index (χ2v) is 5.94. The van der Waals surface area contributed by atoms with Crippen molar-refractivity contribution in [3.8, 4) is 17.2 Å². The summed E-state index contributed by atoms with van der Waals surface area (Å²) >= 11 is 0.